The Hall–Kier alpha value is -2.24. The van der Waals surface area contributed by atoms with Crippen LogP contribution in [0.4, 0.5) is 5.69 Å². The predicted molar refractivity (Wildman–Crippen MR) is 82.2 cm³/mol. The van der Waals surface area contributed by atoms with Gasteiger partial charge in [-0.15, -0.1) is 0 Å². The Bertz CT molecular complexity index is 515. The molecule has 6 nitrogen and oxygen atoms in total. The zero-order valence-electron chi connectivity index (χ0n) is 12.9. The van der Waals surface area contributed by atoms with Gasteiger partial charge in [0.25, 0.3) is 5.91 Å². The Morgan fingerprint density at radius 3 is 2.48 bits per heavy atom. The Balaban J connectivity index is 2.85. The first kappa shape index (κ1) is 16.8. The molecule has 0 bridgehead atoms. The first-order valence-corrected chi connectivity index (χ1v) is 6.99. The molecular formula is C15H23N3O3. The number of anilines is 1. The van der Waals surface area contributed by atoms with Gasteiger partial charge in [0.05, 0.1) is 17.9 Å². The third-order valence-electron chi connectivity index (χ3n) is 2.75. The molecule has 0 fully saturated rings. The molecule has 0 aliphatic rings. The maximum atomic E-state index is 12.3. The summed E-state index contributed by atoms with van der Waals surface area (Å²) in [5.74, 6) is -0.286. The second-order valence-electron chi connectivity index (χ2n) is 5.02. The molecular weight excluding hydrogens is 270 g/mol. The van der Waals surface area contributed by atoms with Crippen molar-refractivity contribution in [1.82, 2.24) is 10.6 Å². The zero-order chi connectivity index (χ0) is 16.0. The van der Waals surface area contributed by atoms with Gasteiger partial charge in [-0.3, -0.25) is 9.59 Å². The van der Waals surface area contributed by atoms with E-state index in [0.29, 0.717) is 23.6 Å². The van der Waals surface area contributed by atoms with Crippen LogP contribution in [-0.4, -0.2) is 30.5 Å². The third-order valence-corrected chi connectivity index (χ3v) is 2.75. The minimum atomic E-state index is -0.643. The van der Waals surface area contributed by atoms with Crippen molar-refractivity contribution in [1.29, 1.82) is 0 Å². The van der Waals surface area contributed by atoms with Gasteiger partial charge in [0.1, 0.15) is 6.04 Å². The van der Waals surface area contributed by atoms with E-state index in [1.165, 1.54) is 0 Å². The summed E-state index contributed by atoms with van der Waals surface area (Å²) in [6.07, 6.45) is 0. The molecule has 1 rings (SSSR count). The largest absolute Gasteiger partial charge is 0.491 e. The highest BCUT2D eigenvalue weighted by Crippen LogP contribution is 2.26. The molecule has 21 heavy (non-hydrogen) atoms. The van der Waals surface area contributed by atoms with Gasteiger partial charge in [-0.1, -0.05) is 6.07 Å². The summed E-state index contributed by atoms with van der Waals surface area (Å²) < 4.78 is 5.41. The van der Waals surface area contributed by atoms with Crippen LogP contribution in [0, 0.1) is 0 Å². The van der Waals surface area contributed by atoms with E-state index in [9.17, 15) is 9.59 Å². The molecule has 1 aromatic rings. The number of para-hydroxylation sites is 1. The number of rotatable bonds is 6. The van der Waals surface area contributed by atoms with Crippen LogP contribution in [-0.2, 0) is 4.79 Å². The van der Waals surface area contributed by atoms with E-state index >= 15 is 0 Å². The molecule has 1 unspecified atom stereocenters. The molecule has 116 valence electrons. The summed E-state index contributed by atoms with van der Waals surface area (Å²) in [4.78, 5) is 24.1. The van der Waals surface area contributed by atoms with E-state index in [2.05, 4.69) is 10.6 Å². The van der Waals surface area contributed by atoms with Crippen molar-refractivity contribution >= 4 is 17.5 Å². The molecule has 1 atom stereocenters. The Kier molecular flexibility index (Phi) is 6.02. The van der Waals surface area contributed by atoms with Gasteiger partial charge in [0, 0.05) is 6.04 Å². The van der Waals surface area contributed by atoms with Crippen LogP contribution in [0.5, 0.6) is 5.75 Å². The van der Waals surface area contributed by atoms with Gasteiger partial charge >= 0.3 is 0 Å². The number of carbonyl (C=O) groups is 2. The predicted octanol–water partition coefficient (Wildman–Crippen LogP) is 1.31. The molecule has 6 heteroatoms. The molecule has 2 amide bonds. The topological polar surface area (TPSA) is 93.4 Å². The summed E-state index contributed by atoms with van der Waals surface area (Å²) >= 11 is 0. The third kappa shape index (κ3) is 4.66. The average Bonchev–Trinajstić information content (AvgIpc) is 2.40. The molecule has 0 radical (unpaired) electrons. The number of nitrogens with two attached hydrogens (primary N) is 1. The van der Waals surface area contributed by atoms with E-state index in [1.54, 1.807) is 25.1 Å². The highest BCUT2D eigenvalue weighted by Gasteiger charge is 2.20. The molecule has 0 heterocycles. The molecule has 0 saturated carbocycles. The summed E-state index contributed by atoms with van der Waals surface area (Å²) in [5.41, 5.74) is 6.53. The van der Waals surface area contributed by atoms with Crippen LogP contribution in [0.2, 0.25) is 0 Å². The number of hydrogen-bond acceptors (Lipinski definition) is 4. The van der Waals surface area contributed by atoms with Crippen molar-refractivity contribution in [3.63, 3.8) is 0 Å². The van der Waals surface area contributed by atoms with Gasteiger partial charge in [-0.2, -0.15) is 0 Å². The standard InChI is InChI=1S/C15H23N3O3/c1-5-21-13-11(7-6-8-12(13)16)15(20)18-10(4)14(19)17-9(2)3/h6-10H,5,16H2,1-4H3,(H,17,19)(H,18,20). The quantitative estimate of drug-likeness (QED) is 0.689. The second kappa shape index (κ2) is 7.52. The highest BCUT2D eigenvalue weighted by atomic mass is 16.5. The Morgan fingerprint density at radius 1 is 1.24 bits per heavy atom. The lowest BCUT2D eigenvalue weighted by atomic mass is 10.1. The summed E-state index contributed by atoms with van der Waals surface area (Å²) in [7, 11) is 0. The second-order valence-corrected chi connectivity index (χ2v) is 5.02. The molecule has 0 aromatic heterocycles. The summed E-state index contributed by atoms with van der Waals surface area (Å²) in [6.45, 7) is 7.56. The van der Waals surface area contributed by atoms with Crippen LogP contribution >= 0.6 is 0 Å². The Labute approximate surface area is 125 Å². The first-order valence-electron chi connectivity index (χ1n) is 6.99. The van der Waals surface area contributed by atoms with E-state index < -0.39 is 11.9 Å². The van der Waals surface area contributed by atoms with Crippen LogP contribution in [0.1, 0.15) is 38.1 Å². The molecule has 0 aliphatic heterocycles. The fraction of sp³-hybridized carbons (Fsp3) is 0.467. The monoisotopic (exact) mass is 293 g/mol. The van der Waals surface area contributed by atoms with Crippen LogP contribution in [0.3, 0.4) is 0 Å². The van der Waals surface area contributed by atoms with Gasteiger partial charge in [-0.05, 0) is 39.8 Å². The number of amides is 2. The number of nitrogens with one attached hydrogen (secondary N) is 2. The minimum absolute atomic E-state index is 0.0169. The Morgan fingerprint density at radius 2 is 1.90 bits per heavy atom. The van der Waals surface area contributed by atoms with Crippen molar-refractivity contribution in [2.45, 2.75) is 39.8 Å². The van der Waals surface area contributed by atoms with Gasteiger partial charge in [0.2, 0.25) is 5.91 Å². The van der Waals surface area contributed by atoms with E-state index in [4.69, 9.17) is 10.5 Å². The fourth-order valence-electron chi connectivity index (χ4n) is 1.79. The SMILES string of the molecule is CCOc1c(N)cccc1C(=O)NC(C)C(=O)NC(C)C. The van der Waals surface area contributed by atoms with Gasteiger partial charge < -0.3 is 21.1 Å². The lowest BCUT2D eigenvalue weighted by Crippen LogP contribution is -2.46. The van der Waals surface area contributed by atoms with Crippen molar-refractivity contribution < 1.29 is 14.3 Å². The van der Waals surface area contributed by atoms with Crippen molar-refractivity contribution in [3.8, 4) is 5.75 Å². The molecule has 4 N–H and O–H groups in total. The molecule has 0 spiro atoms. The first-order chi connectivity index (χ1) is 9.86. The van der Waals surface area contributed by atoms with Crippen LogP contribution in [0.25, 0.3) is 0 Å². The summed E-state index contributed by atoms with van der Waals surface area (Å²) in [5, 5.41) is 5.38. The lowest BCUT2D eigenvalue weighted by molar-refractivity contribution is -0.123. The van der Waals surface area contributed by atoms with Crippen LogP contribution in [0.15, 0.2) is 18.2 Å². The maximum Gasteiger partial charge on any atom is 0.255 e. The number of benzene rings is 1. The average molecular weight is 293 g/mol. The molecule has 1 aromatic carbocycles. The van der Waals surface area contributed by atoms with Crippen molar-refractivity contribution in [2.24, 2.45) is 0 Å². The lowest BCUT2D eigenvalue weighted by Gasteiger charge is -2.17. The minimum Gasteiger partial charge on any atom is -0.491 e. The summed E-state index contributed by atoms with van der Waals surface area (Å²) in [6, 6.07) is 4.32. The zero-order valence-corrected chi connectivity index (χ0v) is 12.9. The van der Waals surface area contributed by atoms with E-state index in [0.717, 1.165) is 0 Å². The number of nitrogen functional groups attached to an aromatic ring is 1. The molecule has 0 saturated heterocycles. The van der Waals surface area contributed by atoms with E-state index in [-0.39, 0.29) is 11.9 Å². The van der Waals surface area contributed by atoms with Crippen molar-refractivity contribution in [2.75, 3.05) is 12.3 Å². The maximum absolute atomic E-state index is 12.3. The fourth-order valence-corrected chi connectivity index (χ4v) is 1.79. The molecule has 0 aliphatic carbocycles. The number of ether oxygens (including phenoxy) is 1. The smallest absolute Gasteiger partial charge is 0.255 e. The van der Waals surface area contributed by atoms with Gasteiger partial charge in [-0.25, -0.2) is 0 Å². The van der Waals surface area contributed by atoms with Crippen LogP contribution < -0.4 is 21.1 Å². The normalized spacial score (nSPS) is 11.9. The number of carbonyl (C=O) groups excluding carboxylic acids is 2. The highest BCUT2D eigenvalue weighted by molar-refractivity contribution is 6.00. The van der Waals surface area contributed by atoms with Crippen molar-refractivity contribution in [3.05, 3.63) is 23.8 Å². The van der Waals surface area contributed by atoms with E-state index in [1.807, 2.05) is 20.8 Å². The number of hydrogen-bond donors (Lipinski definition) is 3. The van der Waals surface area contributed by atoms with Gasteiger partial charge in [0.15, 0.2) is 5.75 Å².